The molecular weight excluding hydrogens is 1520 g/mol. The van der Waals surface area contributed by atoms with Crippen LogP contribution in [0.3, 0.4) is 0 Å². The van der Waals surface area contributed by atoms with Crippen LogP contribution in [0, 0.1) is 11.3 Å². The van der Waals surface area contributed by atoms with Gasteiger partial charge in [-0.15, -0.1) is 0 Å². The molecule has 37 nitrogen and oxygen atoms in total. The van der Waals surface area contributed by atoms with Gasteiger partial charge in [0.15, 0.2) is 0 Å². The molecule has 0 aliphatic carbocycles. The van der Waals surface area contributed by atoms with Gasteiger partial charge in [0.25, 0.3) is 11.8 Å². The second kappa shape index (κ2) is 75.9. The van der Waals surface area contributed by atoms with E-state index in [9.17, 15) is 33.6 Å². The van der Waals surface area contributed by atoms with Crippen LogP contribution in [0.25, 0.3) is 0 Å². The van der Waals surface area contributed by atoms with Gasteiger partial charge >= 0.3 is 5.97 Å². The number of methoxy groups -OCH3 is 1. The first-order chi connectivity index (χ1) is 56.0. The van der Waals surface area contributed by atoms with Crippen molar-refractivity contribution in [2.75, 3.05) is 343 Å². The van der Waals surface area contributed by atoms with Crippen LogP contribution in [-0.2, 0) is 159 Å². The maximum absolute atomic E-state index is 13.4. The molecule has 0 saturated carbocycles. The lowest BCUT2D eigenvalue weighted by atomic mass is 9.97. The first-order valence-electron chi connectivity index (χ1n) is 39.8. The van der Waals surface area contributed by atoms with Crippen LogP contribution < -0.4 is 16.0 Å². The minimum absolute atomic E-state index is 0.0223. The Morgan fingerprint density at radius 3 is 0.896 bits per heavy atom. The van der Waals surface area contributed by atoms with Gasteiger partial charge in [-0.1, -0.05) is 26.0 Å². The third kappa shape index (κ3) is 64.1. The molecule has 1 aromatic carbocycles. The number of ether oxygens (including phenoxy) is 25. The summed E-state index contributed by atoms with van der Waals surface area (Å²) in [7, 11) is 1.64. The lowest BCUT2D eigenvalue weighted by Crippen LogP contribution is -2.54. The average Bonchev–Trinajstić information content (AvgIpc) is 1.77. The Hall–Kier alpha value is -5.51. The summed E-state index contributed by atoms with van der Waals surface area (Å²) >= 11 is 0. The fourth-order valence-electron chi connectivity index (χ4n) is 9.13. The van der Waals surface area contributed by atoms with E-state index >= 15 is 0 Å². The topological polar surface area (TPSA) is 393 Å². The molecular formula is C78H137N5O32. The summed E-state index contributed by atoms with van der Waals surface area (Å²) in [5.41, 5.74) is 0.538. The van der Waals surface area contributed by atoms with Crippen molar-refractivity contribution >= 4 is 47.1 Å². The van der Waals surface area contributed by atoms with Crippen molar-refractivity contribution in [1.29, 1.82) is 0 Å². The minimum Gasteiger partial charge on any atom is -0.460 e. The minimum atomic E-state index is -1.03. The molecule has 1 aliphatic heterocycles. The second-order valence-electron chi connectivity index (χ2n) is 26.3. The Labute approximate surface area is 679 Å². The van der Waals surface area contributed by atoms with Gasteiger partial charge in [0, 0.05) is 44.5 Å². The fraction of sp³-hybridized carbons (Fsp3) is 0.808. The summed E-state index contributed by atoms with van der Waals surface area (Å²) < 4.78 is 137. The van der Waals surface area contributed by atoms with Gasteiger partial charge in [-0.05, 0) is 51.3 Å². The molecule has 3 N–H and O–H groups in total. The Morgan fingerprint density at radius 1 is 0.365 bits per heavy atom. The molecule has 0 fully saturated rings. The maximum atomic E-state index is 13.4. The van der Waals surface area contributed by atoms with Crippen LogP contribution in [0.2, 0.25) is 0 Å². The zero-order chi connectivity index (χ0) is 83.4. The van der Waals surface area contributed by atoms with Crippen molar-refractivity contribution in [2.45, 2.75) is 66.7 Å². The van der Waals surface area contributed by atoms with E-state index in [0.717, 1.165) is 22.6 Å². The van der Waals surface area contributed by atoms with Gasteiger partial charge in [0.2, 0.25) is 23.6 Å². The molecule has 2 atom stereocenters. The van der Waals surface area contributed by atoms with Crippen LogP contribution in [0.15, 0.2) is 36.4 Å². The molecule has 0 aromatic heterocycles. The molecule has 1 aromatic rings. The number of amides is 6. The molecule has 0 saturated heterocycles. The zero-order valence-corrected chi connectivity index (χ0v) is 69.4. The van der Waals surface area contributed by atoms with E-state index in [2.05, 4.69) is 16.0 Å². The van der Waals surface area contributed by atoms with E-state index in [0.29, 0.717) is 296 Å². The van der Waals surface area contributed by atoms with Crippen molar-refractivity contribution in [1.82, 2.24) is 20.4 Å². The summed E-state index contributed by atoms with van der Waals surface area (Å²) in [6.45, 7) is 30.4. The molecule has 0 bridgehead atoms. The molecule has 0 spiro atoms. The first-order valence-corrected chi connectivity index (χ1v) is 39.8. The van der Waals surface area contributed by atoms with Crippen molar-refractivity contribution < 1.29 is 152 Å². The number of anilines is 1. The van der Waals surface area contributed by atoms with Crippen LogP contribution >= 0.6 is 0 Å². The molecule has 2 rings (SSSR count). The SMILES string of the molecule is COCCOCCOCCOCCOCCOCCOCCOCCOCCOCCOCCOCCOCCOCCOCCOCCOCCOCCOCCOCCOCCOCCOCCOCCN(CCC(=O)N[C@H](C(=O)N[C@@H](C)C(=O)Nc1ccc(COC(=O)C(C)(C)C)cc1)C(C)C)C(=O)CN1C(=O)C=CC1=O. The number of carbonyl (C=O) groups is 7. The van der Waals surface area contributed by atoms with Crippen LogP contribution in [0.1, 0.15) is 53.5 Å². The molecule has 0 unspecified atom stereocenters. The van der Waals surface area contributed by atoms with E-state index in [4.69, 9.17) is 118 Å². The van der Waals surface area contributed by atoms with Gasteiger partial charge in [-0.3, -0.25) is 38.5 Å². The highest BCUT2D eigenvalue weighted by Crippen LogP contribution is 2.18. The molecule has 0 radical (unpaired) electrons. The highest BCUT2D eigenvalue weighted by molar-refractivity contribution is 6.14. The largest absolute Gasteiger partial charge is 0.460 e. The lowest BCUT2D eigenvalue weighted by Gasteiger charge is -2.26. The lowest BCUT2D eigenvalue weighted by molar-refractivity contribution is -0.154. The van der Waals surface area contributed by atoms with Gasteiger partial charge in [-0.25, -0.2) is 0 Å². The number of esters is 1. The van der Waals surface area contributed by atoms with Crippen molar-refractivity contribution in [3.05, 3.63) is 42.0 Å². The Balaban J connectivity index is 1.28. The van der Waals surface area contributed by atoms with Crippen LogP contribution in [-0.4, -0.2) is 401 Å². The number of benzene rings is 1. The summed E-state index contributed by atoms with van der Waals surface area (Å²) in [5, 5.41) is 8.09. The van der Waals surface area contributed by atoms with E-state index in [1.54, 1.807) is 66.0 Å². The third-order valence-electron chi connectivity index (χ3n) is 15.5. The van der Waals surface area contributed by atoms with Gasteiger partial charge < -0.3 is 139 Å². The number of nitrogens with zero attached hydrogens (tertiary/aromatic N) is 2. The van der Waals surface area contributed by atoms with Crippen molar-refractivity contribution in [3.8, 4) is 0 Å². The maximum Gasteiger partial charge on any atom is 0.311 e. The number of hydrogen-bond donors (Lipinski definition) is 3. The van der Waals surface area contributed by atoms with Crippen molar-refractivity contribution in [2.24, 2.45) is 11.3 Å². The average molecular weight is 1660 g/mol. The summed E-state index contributed by atoms with van der Waals surface area (Å²) in [6.07, 6.45) is 1.92. The van der Waals surface area contributed by atoms with E-state index in [1.165, 1.54) is 11.8 Å². The Morgan fingerprint density at radius 2 is 0.635 bits per heavy atom. The number of carbonyl (C=O) groups excluding carboxylic acids is 7. The van der Waals surface area contributed by atoms with E-state index in [-0.39, 0.29) is 57.8 Å². The van der Waals surface area contributed by atoms with Crippen molar-refractivity contribution in [3.63, 3.8) is 0 Å². The number of rotatable bonds is 85. The number of imide groups is 1. The summed E-state index contributed by atoms with van der Waals surface area (Å²) in [6, 6.07) is 4.70. The van der Waals surface area contributed by atoms with E-state index < -0.39 is 59.5 Å². The molecule has 115 heavy (non-hydrogen) atoms. The highest BCUT2D eigenvalue weighted by Gasteiger charge is 2.30. The predicted octanol–water partition coefficient (Wildman–Crippen LogP) is 1.53. The molecule has 37 heteroatoms. The molecule has 1 aliphatic rings. The Bertz CT molecular complexity index is 2550. The monoisotopic (exact) mass is 1660 g/mol. The fourth-order valence-corrected chi connectivity index (χ4v) is 9.13. The molecule has 1 heterocycles. The predicted molar refractivity (Wildman–Crippen MR) is 416 cm³/mol. The standard InChI is InChI=1S/C78H137N5O32/c1-66(2)74(76(89)79-67(3)75(88)80-69-10-8-68(9-11-69)65-115-77(90)78(4,5)6)81-70(84)14-15-82(73(87)64-83-71(85)12-13-72(83)86)16-17-92-20-21-94-24-25-96-28-29-98-32-33-100-36-37-102-40-41-104-44-45-106-48-49-108-52-53-110-56-57-112-60-61-114-63-62-113-59-58-111-55-54-109-51-50-107-47-46-105-43-42-103-39-38-101-35-34-99-31-30-97-27-26-95-23-22-93-19-18-91-7/h8-13,66-67,74H,14-65H2,1-7H3,(H,79,89)(H,80,88)(H,81,84)/t67-,74-/m0/s1. The van der Waals surface area contributed by atoms with Crippen LogP contribution in [0.5, 0.6) is 0 Å². The second-order valence-corrected chi connectivity index (χ2v) is 26.3. The first kappa shape index (κ1) is 106. The van der Waals surface area contributed by atoms with Crippen LogP contribution in [0.4, 0.5) is 5.69 Å². The summed E-state index contributed by atoms with van der Waals surface area (Å²) in [4.78, 5) is 91.9. The zero-order valence-electron chi connectivity index (χ0n) is 69.4. The Kier molecular flexibility index (Phi) is 69.7. The van der Waals surface area contributed by atoms with Gasteiger partial charge in [-0.2, -0.15) is 0 Å². The number of nitrogens with one attached hydrogen (secondary N) is 3. The normalized spacial score (nSPS) is 12.9. The smallest absolute Gasteiger partial charge is 0.311 e. The van der Waals surface area contributed by atoms with Gasteiger partial charge in [0.05, 0.1) is 316 Å². The molecule has 666 valence electrons. The quantitative estimate of drug-likeness (QED) is 0.0473. The van der Waals surface area contributed by atoms with E-state index in [1.807, 2.05) is 0 Å². The number of hydrogen-bond acceptors (Lipinski definition) is 32. The third-order valence-corrected chi connectivity index (χ3v) is 15.5. The summed E-state index contributed by atoms with van der Waals surface area (Å²) in [5.74, 6) is -4.24. The highest BCUT2D eigenvalue weighted by atomic mass is 16.6. The van der Waals surface area contributed by atoms with Gasteiger partial charge in [0.1, 0.15) is 25.2 Å². The molecule has 6 amide bonds.